The van der Waals surface area contributed by atoms with Crippen LogP contribution in [0.15, 0.2) is 66.8 Å². The molecule has 0 N–H and O–H groups in total. The lowest BCUT2D eigenvalue weighted by Crippen LogP contribution is -1.80. The molecule has 0 aliphatic carbocycles. The third-order valence-electron chi connectivity index (χ3n) is 3.61. The SMILES string of the molecule is [CH]=C/C=C/C=C/C=C/C=C/C=C/CCCCCCCCCCC. The van der Waals surface area contributed by atoms with E-state index in [1.807, 2.05) is 30.4 Å². The average Bonchev–Trinajstić information content (AvgIpc) is 2.57. The Morgan fingerprint density at radius 2 is 0.957 bits per heavy atom. The predicted octanol–water partition coefficient (Wildman–Crippen LogP) is 7.68. The Morgan fingerprint density at radius 3 is 1.48 bits per heavy atom. The van der Waals surface area contributed by atoms with E-state index >= 15 is 0 Å². The van der Waals surface area contributed by atoms with E-state index in [9.17, 15) is 0 Å². The molecular formula is C23H35. The minimum absolute atomic E-state index is 1.20. The second-order valence-electron chi connectivity index (χ2n) is 5.78. The first-order chi connectivity index (χ1) is 11.4. The van der Waals surface area contributed by atoms with E-state index in [0.717, 1.165) is 0 Å². The molecular weight excluding hydrogens is 276 g/mol. The second-order valence-corrected chi connectivity index (χ2v) is 5.78. The summed E-state index contributed by atoms with van der Waals surface area (Å²) >= 11 is 0. The van der Waals surface area contributed by atoms with E-state index in [1.54, 1.807) is 6.08 Å². The van der Waals surface area contributed by atoms with Crippen LogP contribution >= 0.6 is 0 Å². The summed E-state index contributed by atoms with van der Waals surface area (Å²) in [4.78, 5) is 0. The molecule has 0 bridgehead atoms. The van der Waals surface area contributed by atoms with Crippen molar-refractivity contribution in [3.05, 3.63) is 73.4 Å². The monoisotopic (exact) mass is 311 g/mol. The molecule has 0 saturated carbocycles. The van der Waals surface area contributed by atoms with Crippen LogP contribution < -0.4 is 0 Å². The highest BCUT2D eigenvalue weighted by Gasteiger charge is 1.90. The lowest BCUT2D eigenvalue weighted by Gasteiger charge is -2.00. The van der Waals surface area contributed by atoms with E-state index in [2.05, 4.69) is 31.2 Å². The minimum Gasteiger partial charge on any atom is -0.0845 e. The molecule has 0 atom stereocenters. The molecule has 0 fully saturated rings. The van der Waals surface area contributed by atoms with E-state index in [-0.39, 0.29) is 0 Å². The summed E-state index contributed by atoms with van der Waals surface area (Å²) in [6.07, 6.45) is 35.5. The largest absolute Gasteiger partial charge is 0.0845 e. The van der Waals surface area contributed by atoms with Crippen molar-refractivity contribution in [3.63, 3.8) is 0 Å². The van der Waals surface area contributed by atoms with Gasteiger partial charge in [0, 0.05) is 0 Å². The normalized spacial score (nSPS) is 12.7. The van der Waals surface area contributed by atoms with Crippen molar-refractivity contribution in [2.45, 2.75) is 71.1 Å². The number of hydrogen-bond donors (Lipinski definition) is 0. The summed E-state index contributed by atoms with van der Waals surface area (Å²) in [5.74, 6) is 0. The zero-order valence-electron chi connectivity index (χ0n) is 15.0. The van der Waals surface area contributed by atoms with Crippen LogP contribution in [0.4, 0.5) is 0 Å². The van der Waals surface area contributed by atoms with Gasteiger partial charge >= 0.3 is 0 Å². The Balaban J connectivity index is 3.38. The van der Waals surface area contributed by atoms with E-state index in [0.29, 0.717) is 0 Å². The predicted molar refractivity (Wildman–Crippen MR) is 106 cm³/mol. The fraction of sp³-hybridized carbons (Fsp3) is 0.478. The van der Waals surface area contributed by atoms with Gasteiger partial charge in [-0.15, -0.1) is 0 Å². The standard InChI is InChI=1S/C23H35/c1-3-5-7-9-11-13-15-17-19-21-23-22-20-18-16-14-12-10-8-6-4-2/h1,3,5,7,9,11,13,15,17,19,21,23H,4,6,8,10,12,14,16,18,20,22H2,2H3/b3-1?,7-5+,11-9+,15-13+,19-17+,23-21+. The van der Waals surface area contributed by atoms with Crippen molar-refractivity contribution in [2.24, 2.45) is 0 Å². The first-order valence-electron chi connectivity index (χ1n) is 9.28. The van der Waals surface area contributed by atoms with Crippen LogP contribution in [0, 0.1) is 6.58 Å². The van der Waals surface area contributed by atoms with Crippen molar-refractivity contribution in [3.8, 4) is 0 Å². The molecule has 0 heterocycles. The summed E-state index contributed by atoms with van der Waals surface area (Å²) in [5, 5.41) is 0. The van der Waals surface area contributed by atoms with Gasteiger partial charge in [-0.2, -0.15) is 0 Å². The third kappa shape index (κ3) is 20.4. The summed E-state index contributed by atoms with van der Waals surface area (Å²) in [6, 6.07) is 0. The van der Waals surface area contributed by atoms with Gasteiger partial charge in [-0.3, -0.25) is 0 Å². The maximum Gasteiger partial charge on any atom is -0.0348 e. The number of rotatable bonds is 15. The van der Waals surface area contributed by atoms with Gasteiger partial charge in [0.25, 0.3) is 0 Å². The topological polar surface area (TPSA) is 0 Å². The molecule has 0 spiro atoms. The Bertz CT molecular complexity index is 377. The molecule has 0 unspecified atom stereocenters. The fourth-order valence-electron chi connectivity index (χ4n) is 2.26. The summed E-state index contributed by atoms with van der Waals surface area (Å²) < 4.78 is 0. The Hall–Kier alpha value is -1.56. The number of allylic oxidation sites excluding steroid dienone is 11. The van der Waals surface area contributed by atoms with Gasteiger partial charge in [0.1, 0.15) is 0 Å². The van der Waals surface area contributed by atoms with Gasteiger partial charge in [0.05, 0.1) is 0 Å². The lowest BCUT2D eigenvalue weighted by molar-refractivity contribution is 0.566. The molecule has 0 aliphatic rings. The third-order valence-corrected chi connectivity index (χ3v) is 3.61. The zero-order chi connectivity index (χ0) is 16.8. The maximum atomic E-state index is 5.22. The van der Waals surface area contributed by atoms with Crippen molar-refractivity contribution < 1.29 is 0 Å². The summed E-state index contributed by atoms with van der Waals surface area (Å²) in [6.45, 7) is 7.50. The van der Waals surface area contributed by atoms with E-state index < -0.39 is 0 Å². The number of hydrogen-bond acceptors (Lipinski definition) is 0. The molecule has 0 aliphatic heterocycles. The second kappa shape index (κ2) is 20.4. The van der Waals surface area contributed by atoms with Crippen LogP contribution in [0.2, 0.25) is 0 Å². The highest BCUT2D eigenvalue weighted by Crippen LogP contribution is 2.10. The minimum atomic E-state index is 1.20. The molecule has 0 nitrogen and oxygen atoms in total. The molecule has 127 valence electrons. The van der Waals surface area contributed by atoms with Crippen LogP contribution in [0.1, 0.15) is 71.1 Å². The van der Waals surface area contributed by atoms with E-state index in [4.69, 9.17) is 6.58 Å². The fourth-order valence-corrected chi connectivity index (χ4v) is 2.26. The molecule has 0 aromatic carbocycles. The van der Waals surface area contributed by atoms with Gasteiger partial charge in [-0.25, -0.2) is 0 Å². The Labute approximate surface area is 145 Å². The maximum absolute atomic E-state index is 5.22. The quantitative estimate of drug-likeness (QED) is 0.215. The molecule has 1 radical (unpaired) electrons. The molecule has 0 heteroatoms. The van der Waals surface area contributed by atoms with Gasteiger partial charge in [0.15, 0.2) is 0 Å². The molecule has 0 aromatic rings. The highest BCUT2D eigenvalue weighted by atomic mass is 14.0. The molecule has 0 amide bonds. The summed E-state index contributed by atoms with van der Waals surface area (Å²) in [7, 11) is 0. The van der Waals surface area contributed by atoms with Crippen LogP contribution in [-0.2, 0) is 0 Å². The number of unbranched alkanes of at least 4 members (excludes halogenated alkanes) is 9. The molecule has 0 aromatic heterocycles. The van der Waals surface area contributed by atoms with Crippen LogP contribution in [0.5, 0.6) is 0 Å². The van der Waals surface area contributed by atoms with E-state index in [1.165, 1.54) is 70.3 Å². The Kier molecular flexibility index (Phi) is 19.1. The molecule has 0 rings (SSSR count). The molecule has 0 saturated heterocycles. The van der Waals surface area contributed by atoms with Gasteiger partial charge < -0.3 is 0 Å². The Morgan fingerprint density at radius 1 is 0.522 bits per heavy atom. The van der Waals surface area contributed by atoms with Crippen LogP contribution in [-0.4, -0.2) is 0 Å². The lowest BCUT2D eigenvalue weighted by atomic mass is 10.1. The average molecular weight is 312 g/mol. The zero-order valence-corrected chi connectivity index (χ0v) is 15.0. The summed E-state index contributed by atoms with van der Waals surface area (Å²) in [5.41, 5.74) is 0. The van der Waals surface area contributed by atoms with Crippen molar-refractivity contribution in [2.75, 3.05) is 0 Å². The van der Waals surface area contributed by atoms with Crippen molar-refractivity contribution in [1.29, 1.82) is 0 Å². The van der Waals surface area contributed by atoms with Gasteiger partial charge in [-0.05, 0) is 12.8 Å². The van der Waals surface area contributed by atoms with Crippen LogP contribution in [0.25, 0.3) is 0 Å². The highest BCUT2D eigenvalue weighted by molar-refractivity contribution is 5.18. The first-order valence-corrected chi connectivity index (χ1v) is 9.28. The van der Waals surface area contributed by atoms with Gasteiger partial charge in [-0.1, -0.05) is 132 Å². The smallest absolute Gasteiger partial charge is 0.0348 e. The van der Waals surface area contributed by atoms with Crippen molar-refractivity contribution >= 4 is 0 Å². The van der Waals surface area contributed by atoms with Crippen LogP contribution in [0.3, 0.4) is 0 Å². The first kappa shape index (κ1) is 21.4. The van der Waals surface area contributed by atoms with Gasteiger partial charge in [0.2, 0.25) is 0 Å². The molecule has 23 heavy (non-hydrogen) atoms. The van der Waals surface area contributed by atoms with Crippen molar-refractivity contribution in [1.82, 2.24) is 0 Å².